The van der Waals surface area contributed by atoms with E-state index in [1.54, 1.807) is 0 Å². The minimum Gasteiger partial charge on any atom is -0.0844 e. The normalized spacial score (nSPS) is 30.9. The smallest absolute Gasteiger partial charge is 0.0547 e. The fourth-order valence-electron chi connectivity index (χ4n) is 1.27. The van der Waals surface area contributed by atoms with Crippen molar-refractivity contribution < 1.29 is 0 Å². The van der Waals surface area contributed by atoms with Gasteiger partial charge >= 0.3 is 0 Å². The fraction of sp³-hybridized carbons (Fsp3) is 0.286. The Balaban J connectivity index is 2.41. The molecular weight excluding hydrogens is 199 g/mol. The zero-order valence-corrected chi connectivity index (χ0v) is 10.3. The summed E-state index contributed by atoms with van der Waals surface area (Å²) in [5, 5.41) is 0. The van der Waals surface area contributed by atoms with Crippen LogP contribution in [0.2, 0.25) is 0 Å². The third-order valence-electron chi connectivity index (χ3n) is 2.08. The van der Waals surface area contributed by atoms with Crippen LogP contribution in [0, 0.1) is 0 Å². The first-order chi connectivity index (χ1) is 7.50. The number of allylic oxidation sites excluding steroid dienone is 8. The van der Waals surface area contributed by atoms with Gasteiger partial charge < -0.3 is 0 Å². The molecule has 0 nitrogen and oxygen atoms in total. The molecule has 0 aromatic heterocycles. The monoisotopic (exact) mass is 219 g/mol. The lowest BCUT2D eigenvalue weighted by Crippen LogP contribution is -1.62. The molecule has 0 aliphatic carbocycles. The molecule has 1 aliphatic rings. The summed E-state index contributed by atoms with van der Waals surface area (Å²) >= 11 is 0. The van der Waals surface area contributed by atoms with Gasteiger partial charge in [0.15, 0.2) is 0 Å². The summed E-state index contributed by atoms with van der Waals surface area (Å²) < 4.78 is 0. The van der Waals surface area contributed by atoms with Gasteiger partial charge in [0.25, 0.3) is 0 Å². The molecule has 80 valence electrons. The Morgan fingerprint density at radius 2 is 0.800 bits per heavy atom. The number of hydrogen-bond donors (Lipinski definition) is 0. The Kier molecular flexibility index (Phi) is 7.87. The summed E-state index contributed by atoms with van der Waals surface area (Å²) in [4.78, 5) is 0. The van der Waals surface area contributed by atoms with E-state index in [2.05, 4.69) is 60.2 Å². The zero-order chi connectivity index (χ0) is 10.6. The first kappa shape index (κ1) is 12.2. The summed E-state index contributed by atoms with van der Waals surface area (Å²) in [7, 11) is 0.371. The van der Waals surface area contributed by atoms with Crippen LogP contribution >= 0.6 is 8.58 Å². The van der Waals surface area contributed by atoms with E-state index in [1.165, 1.54) is 0 Å². The van der Waals surface area contributed by atoms with Gasteiger partial charge in [-0.3, -0.25) is 0 Å². The number of rotatable bonds is 0. The van der Waals surface area contributed by atoms with Crippen LogP contribution < -0.4 is 0 Å². The average Bonchev–Trinajstić information content (AvgIpc) is 2.27. The van der Waals surface area contributed by atoms with Crippen molar-refractivity contribution in [1.29, 1.82) is 0 Å². The van der Waals surface area contributed by atoms with Crippen molar-refractivity contribution in [3.05, 3.63) is 60.2 Å². The highest BCUT2D eigenvalue weighted by Gasteiger charge is 1.80. The number of hydrogen-bond acceptors (Lipinski definition) is 0. The SMILES string of the molecule is C1=C\C/C=C\[PH2+]/C=C\C/C=C/C/C=C\C/1. The topological polar surface area (TPSA) is 0 Å². The van der Waals surface area contributed by atoms with Crippen LogP contribution in [-0.4, -0.2) is 0 Å². The Hall–Kier alpha value is -0.870. The van der Waals surface area contributed by atoms with Crippen molar-refractivity contribution in [3.63, 3.8) is 0 Å². The predicted molar refractivity (Wildman–Crippen MR) is 73.9 cm³/mol. The molecule has 0 N–H and O–H groups in total. The molecule has 1 aliphatic heterocycles. The molecule has 1 heteroatoms. The molecule has 15 heavy (non-hydrogen) atoms. The Morgan fingerprint density at radius 3 is 1.20 bits per heavy atom. The fourth-order valence-corrected chi connectivity index (χ4v) is 2.03. The second kappa shape index (κ2) is 9.68. The van der Waals surface area contributed by atoms with E-state index in [9.17, 15) is 0 Å². The van der Waals surface area contributed by atoms with Crippen LogP contribution in [0.1, 0.15) is 25.7 Å². The van der Waals surface area contributed by atoms with Gasteiger partial charge in [0.2, 0.25) is 0 Å². The first-order valence-corrected chi connectivity index (χ1v) is 6.93. The lowest BCUT2D eigenvalue weighted by atomic mass is 10.2. The maximum atomic E-state index is 2.31. The standard InChI is InChI=1S/C14H19P/c1-2-4-6-8-10-12-14-15-13-11-9-7-5-3-1/h1-2,5-8,11-15H,3-4,9-10H2/p+1/b2-1-,7-5-,8-6+,13-11-,14-12-. The molecule has 0 aromatic rings. The summed E-state index contributed by atoms with van der Waals surface area (Å²) in [5.74, 6) is 4.61. The molecule has 0 saturated heterocycles. The Morgan fingerprint density at radius 1 is 0.467 bits per heavy atom. The van der Waals surface area contributed by atoms with Gasteiger partial charge in [-0.2, -0.15) is 0 Å². The molecule has 0 fully saturated rings. The molecule has 1 rings (SSSR count). The Labute approximate surface area is 94.9 Å². The maximum absolute atomic E-state index is 2.31. The van der Waals surface area contributed by atoms with Crippen LogP contribution in [0.5, 0.6) is 0 Å². The van der Waals surface area contributed by atoms with Crippen molar-refractivity contribution in [1.82, 2.24) is 0 Å². The van der Waals surface area contributed by atoms with Crippen molar-refractivity contribution in [3.8, 4) is 0 Å². The van der Waals surface area contributed by atoms with E-state index in [1.807, 2.05) is 0 Å². The average molecular weight is 219 g/mol. The molecule has 0 radical (unpaired) electrons. The molecule has 0 saturated carbocycles. The van der Waals surface area contributed by atoms with Crippen LogP contribution in [0.25, 0.3) is 0 Å². The summed E-state index contributed by atoms with van der Waals surface area (Å²) in [6.07, 6.45) is 22.2. The van der Waals surface area contributed by atoms with E-state index in [-0.39, 0.29) is 0 Å². The van der Waals surface area contributed by atoms with Gasteiger partial charge in [-0.25, -0.2) is 0 Å². The third-order valence-corrected chi connectivity index (χ3v) is 3.07. The van der Waals surface area contributed by atoms with Crippen LogP contribution in [-0.2, 0) is 0 Å². The largest absolute Gasteiger partial charge is 0.0844 e. The lowest BCUT2D eigenvalue weighted by Gasteiger charge is -1.83. The van der Waals surface area contributed by atoms with Gasteiger partial charge in [0.1, 0.15) is 0 Å². The van der Waals surface area contributed by atoms with Crippen LogP contribution in [0.15, 0.2) is 60.2 Å². The summed E-state index contributed by atoms with van der Waals surface area (Å²) in [6.45, 7) is 0. The highest BCUT2D eigenvalue weighted by Crippen LogP contribution is 2.14. The second-order valence-electron chi connectivity index (χ2n) is 3.41. The molecule has 1 heterocycles. The van der Waals surface area contributed by atoms with E-state index in [0.29, 0.717) is 8.58 Å². The lowest BCUT2D eigenvalue weighted by molar-refractivity contribution is 1.27. The highest BCUT2D eigenvalue weighted by molar-refractivity contribution is 7.45. The summed E-state index contributed by atoms with van der Waals surface area (Å²) in [6, 6.07) is 0. The van der Waals surface area contributed by atoms with Crippen LogP contribution in [0.3, 0.4) is 0 Å². The predicted octanol–water partition coefficient (Wildman–Crippen LogP) is 4.67. The first-order valence-electron chi connectivity index (χ1n) is 5.60. The van der Waals surface area contributed by atoms with Gasteiger partial charge in [-0.15, -0.1) is 0 Å². The molecular formula is C14H20P+. The molecule has 0 amide bonds. The quantitative estimate of drug-likeness (QED) is 0.410. The van der Waals surface area contributed by atoms with Crippen molar-refractivity contribution in [2.45, 2.75) is 25.7 Å². The van der Waals surface area contributed by atoms with E-state index in [0.717, 1.165) is 25.7 Å². The highest BCUT2D eigenvalue weighted by atomic mass is 31.1. The second-order valence-corrected chi connectivity index (χ2v) is 4.56. The molecule has 1 atom stereocenters. The van der Waals surface area contributed by atoms with E-state index in [4.69, 9.17) is 0 Å². The Bertz CT molecular complexity index is 190. The van der Waals surface area contributed by atoms with Crippen molar-refractivity contribution in [2.75, 3.05) is 0 Å². The van der Waals surface area contributed by atoms with Crippen molar-refractivity contribution >= 4 is 8.58 Å². The molecule has 0 spiro atoms. The zero-order valence-electron chi connectivity index (χ0n) is 9.18. The minimum absolute atomic E-state index is 0.371. The van der Waals surface area contributed by atoms with Gasteiger partial charge in [0, 0.05) is 8.58 Å². The molecule has 0 bridgehead atoms. The molecule has 1 unspecified atom stereocenters. The van der Waals surface area contributed by atoms with Gasteiger partial charge in [-0.1, -0.05) is 36.5 Å². The van der Waals surface area contributed by atoms with E-state index < -0.39 is 0 Å². The maximum Gasteiger partial charge on any atom is 0.0547 e. The summed E-state index contributed by atoms with van der Waals surface area (Å²) in [5.41, 5.74) is 0. The van der Waals surface area contributed by atoms with E-state index >= 15 is 0 Å². The van der Waals surface area contributed by atoms with Gasteiger partial charge in [0.05, 0.1) is 11.6 Å². The van der Waals surface area contributed by atoms with Gasteiger partial charge in [-0.05, 0) is 37.8 Å². The molecule has 0 aromatic carbocycles. The third kappa shape index (κ3) is 8.15. The van der Waals surface area contributed by atoms with Crippen molar-refractivity contribution in [2.24, 2.45) is 0 Å². The minimum atomic E-state index is 0.371. The van der Waals surface area contributed by atoms with Crippen LogP contribution in [0.4, 0.5) is 0 Å².